The summed E-state index contributed by atoms with van der Waals surface area (Å²) in [5.74, 6) is 0.785. The molecule has 1 amide bonds. The molecule has 2 heterocycles. The molecule has 0 aromatic carbocycles. The number of hydrogen-bond donors (Lipinski definition) is 0. The van der Waals surface area contributed by atoms with Crippen LogP contribution < -0.4 is 0 Å². The van der Waals surface area contributed by atoms with Crippen molar-refractivity contribution in [3.8, 4) is 0 Å². The van der Waals surface area contributed by atoms with Crippen molar-refractivity contribution >= 4 is 15.9 Å². The Labute approximate surface area is 169 Å². The third-order valence-electron chi connectivity index (χ3n) is 6.46. The number of piperidine rings is 1. The van der Waals surface area contributed by atoms with E-state index in [-0.39, 0.29) is 16.9 Å². The number of carbonyl (C=O) groups is 1. The second-order valence-corrected chi connectivity index (χ2v) is 10.2. The summed E-state index contributed by atoms with van der Waals surface area (Å²) in [6.45, 7) is 2.55. The molecule has 0 spiro atoms. The quantitative estimate of drug-likeness (QED) is 0.765. The van der Waals surface area contributed by atoms with Crippen LogP contribution in [0.25, 0.3) is 0 Å². The van der Waals surface area contributed by atoms with Gasteiger partial charge in [0, 0.05) is 45.3 Å². The van der Waals surface area contributed by atoms with Crippen molar-refractivity contribution in [3.05, 3.63) is 12.0 Å². The molecule has 8 heteroatoms. The van der Waals surface area contributed by atoms with Gasteiger partial charge in [-0.15, -0.1) is 0 Å². The van der Waals surface area contributed by atoms with Gasteiger partial charge in [-0.25, -0.2) is 13.4 Å². The first-order chi connectivity index (χ1) is 13.3. The molecule has 7 nitrogen and oxygen atoms in total. The van der Waals surface area contributed by atoms with Crippen molar-refractivity contribution < 1.29 is 13.2 Å². The molecule has 1 saturated carbocycles. The van der Waals surface area contributed by atoms with E-state index < -0.39 is 10.0 Å². The summed E-state index contributed by atoms with van der Waals surface area (Å²) >= 11 is 0. The molecule has 1 aliphatic heterocycles. The van der Waals surface area contributed by atoms with E-state index >= 15 is 0 Å². The predicted molar refractivity (Wildman–Crippen MR) is 108 cm³/mol. The standard InChI is InChI=1S/C20H34N4O3S/c1-16-21-19(15-22(16)2)28(26,27)24-13-11-17(12-14-24)20(25)23(3)18-9-7-5-4-6-8-10-18/h15,17-18H,4-14H2,1-3H3. The number of nitrogens with zero attached hydrogens (tertiary/aromatic N) is 4. The third-order valence-corrected chi connectivity index (χ3v) is 8.23. The first-order valence-corrected chi connectivity index (χ1v) is 12.0. The van der Waals surface area contributed by atoms with E-state index in [0.29, 0.717) is 37.8 Å². The minimum Gasteiger partial charge on any atom is -0.343 e. The van der Waals surface area contributed by atoms with Crippen molar-refractivity contribution in [1.29, 1.82) is 0 Å². The first-order valence-electron chi connectivity index (χ1n) is 10.6. The van der Waals surface area contributed by atoms with Crippen LogP contribution in [0, 0.1) is 12.8 Å². The first kappa shape index (κ1) is 21.3. The molecule has 1 aliphatic carbocycles. The SMILES string of the molecule is Cc1nc(S(=O)(=O)N2CCC(C(=O)N(C)C3CCCCCCC3)CC2)cn1C. The van der Waals surface area contributed by atoms with Gasteiger partial charge in [0.15, 0.2) is 5.03 Å². The van der Waals surface area contributed by atoms with Gasteiger partial charge in [-0.2, -0.15) is 4.31 Å². The normalized spacial score (nSPS) is 21.2. The number of amides is 1. The maximum atomic E-state index is 13.0. The molecule has 0 unspecified atom stereocenters. The molecule has 0 atom stereocenters. The van der Waals surface area contributed by atoms with Gasteiger partial charge in [0.2, 0.25) is 5.91 Å². The van der Waals surface area contributed by atoms with Crippen molar-refractivity contribution in [2.45, 2.75) is 75.8 Å². The Morgan fingerprint density at radius 3 is 2.18 bits per heavy atom. The van der Waals surface area contributed by atoms with E-state index in [9.17, 15) is 13.2 Å². The highest BCUT2D eigenvalue weighted by Gasteiger charge is 2.35. The Morgan fingerprint density at radius 1 is 1.07 bits per heavy atom. The van der Waals surface area contributed by atoms with Crippen molar-refractivity contribution in [3.63, 3.8) is 0 Å². The molecular formula is C20H34N4O3S. The van der Waals surface area contributed by atoms with Gasteiger partial charge in [-0.3, -0.25) is 4.79 Å². The number of carbonyl (C=O) groups excluding carboxylic acids is 1. The zero-order valence-corrected chi connectivity index (χ0v) is 18.2. The van der Waals surface area contributed by atoms with Crippen molar-refractivity contribution in [2.75, 3.05) is 20.1 Å². The Balaban J connectivity index is 1.58. The summed E-state index contributed by atoms with van der Waals surface area (Å²) in [7, 11) is 0.142. The molecule has 1 saturated heterocycles. The molecule has 1 aromatic rings. The lowest BCUT2D eigenvalue weighted by atomic mass is 9.92. The topological polar surface area (TPSA) is 75.5 Å². The van der Waals surface area contributed by atoms with Crippen LogP contribution in [0.3, 0.4) is 0 Å². The minimum absolute atomic E-state index is 0.0765. The van der Waals surface area contributed by atoms with Gasteiger partial charge in [-0.1, -0.05) is 32.1 Å². The van der Waals surface area contributed by atoms with E-state index in [4.69, 9.17) is 0 Å². The predicted octanol–water partition coefficient (Wildman–Crippen LogP) is 2.70. The summed E-state index contributed by atoms with van der Waals surface area (Å²) in [6.07, 6.45) is 11.1. The Morgan fingerprint density at radius 2 is 1.64 bits per heavy atom. The molecule has 3 rings (SSSR count). The monoisotopic (exact) mass is 410 g/mol. The number of imidazole rings is 1. The lowest BCUT2D eigenvalue weighted by Crippen LogP contribution is -2.46. The third kappa shape index (κ3) is 4.59. The van der Waals surface area contributed by atoms with Crippen LogP contribution in [-0.2, 0) is 21.9 Å². The molecule has 2 aliphatic rings. The maximum absolute atomic E-state index is 13.0. The number of aryl methyl sites for hydroxylation is 2. The Kier molecular flexibility index (Phi) is 6.81. The fourth-order valence-corrected chi connectivity index (χ4v) is 5.91. The molecule has 0 N–H and O–H groups in total. The summed E-state index contributed by atoms with van der Waals surface area (Å²) < 4.78 is 28.9. The zero-order valence-electron chi connectivity index (χ0n) is 17.4. The van der Waals surface area contributed by atoms with Crippen molar-refractivity contribution in [2.24, 2.45) is 13.0 Å². The van der Waals surface area contributed by atoms with Crippen molar-refractivity contribution in [1.82, 2.24) is 18.8 Å². The Hall–Kier alpha value is -1.41. The van der Waals surface area contributed by atoms with Gasteiger partial charge < -0.3 is 9.47 Å². The molecular weight excluding hydrogens is 376 g/mol. The average Bonchev–Trinajstić information content (AvgIpc) is 3.00. The van der Waals surface area contributed by atoms with Crippen LogP contribution in [0.15, 0.2) is 11.2 Å². The van der Waals surface area contributed by atoms with Crippen LogP contribution in [0.4, 0.5) is 0 Å². The maximum Gasteiger partial charge on any atom is 0.262 e. The van der Waals surface area contributed by atoms with Crippen LogP contribution >= 0.6 is 0 Å². The fraction of sp³-hybridized carbons (Fsp3) is 0.800. The lowest BCUT2D eigenvalue weighted by molar-refractivity contribution is -0.138. The van der Waals surface area contributed by atoms with Crippen LogP contribution in [0.2, 0.25) is 0 Å². The van der Waals surface area contributed by atoms with Gasteiger partial charge in [0.1, 0.15) is 5.82 Å². The largest absolute Gasteiger partial charge is 0.343 e. The molecule has 28 heavy (non-hydrogen) atoms. The highest BCUT2D eigenvalue weighted by Crippen LogP contribution is 2.27. The second kappa shape index (κ2) is 8.95. The van der Waals surface area contributed by atoms with Crippen LogP contribution in [0.1, 0.15) is 63.6 Å². The van der Waals surface area contributed by atoms with Gasteiger partial charge in [0.05, 0.1) is 0 Å². The van der Waals surface area contributed by atoms with Crippen LogP contribution in [-0.4, -0.2) is 59.3 Å². The molecule has 158 valence electrons. The summed E-state index contributed by atoms with van der Waals surface area (Å²) in [5, 5.41) is 0.101. The number of rotatable bonds is 4. The highest BCUT2D eigenvalue weighted by atomic mass is 32.2. The fourth-order valence-electron chi connectivity index (χ4n) is 4.42. The number of sulfonamides is 1. The van der Waals surface area contributed by atoms with E-state index in [1.165, 1.54) is 36.4 Å². The van der Waals surface area contributed by atoms with Gasteiger partial charge in [0.25, 0.3) is 10.0 Å². The summed E-state index contributed by atoms with van der Waals surface area (Å²) in [5.41, 5.74) is 0. The van der Waals surface area contributed by atoms with E-state index in [2.05, 4.69) is 4.98 Å². The minimum atomic E-state index is -3.59. The van der Waals surface area contributed by atoms with Gasteiger partial charge >= 0.3 is 0 Å². The molecule has 2 fully saturated rings. The lowest BCUT2D eigenvalue weighted by Gasteiger charge is -2.35. The Bertz CT molecular complexity index is 754. The van der Waals surface area contributed by atoms with Crippen LogP contribution in [0.5, 0.6) is 0 Å². The summed E-state index contributed by atoms with van der Waals surface area (Å²) in [6, 6.07) is 0.339. The zero-order chi connectivity index (χ0) is 20.3. The van der Waals surface area contributed by atoms with E-state index in [0.717, 1.165) is 12.8 Å². The van der Waals surface area contributed by atoms with E-state index in [1.54, 1.807) is 24.7 Å². The highest BCUT2D eigenvalue weighted by molar-refractivity contribution is 7.89. The average molecular weight is 411 g/mol. The summed E-state index contributed by atoms with van der Waals surface area (Å²) in [4.78, 5) is 19.1. The molecule has 1 aromatic heterocycles. The second-order valence-electron chi connectivity index (χ2n) is 8.36. The molecule has 0 bridgehead atoms. The van der Waals surface area contributed by atoms with Gasteiger partial charge in [-0.05, 0) is 32.6 Å². The smallest absolute Gasteiger partial charge is 0.262 e. The van der Waals surface area contributed by atoms with E-state index in [1.807, 2.05) is 11.9 Å². The molecule has 0 radical (unpaired) electrons. The number of aromatic nitrogens is 2. The number of hydrogen-bond acceptors (Lipinski definition) is 4.